The van der Waals surface area contributed by atoms with E-state index in [4.69, 9.17) is 5.26 Å². The molecule has 3 aliphatic rings. The van der Waals surface area contributed by atoms with Crippen LogP contribution in [0.25, 0.3) is 0 Å². The number of benzene rings is 1. The van der Waals surface area contributed by atoms with Gasteiger partial charge >= 0.3 is 6.03 Å². The van der Waals surface area contributed by atoms with E-state index in [-0.39, 0.29) is 28.3 Å². The Morgan fingerprint density at radius 3 is 2.21 bits per heavy atom. The molecule has 2 heterocycles. The Bertz CT molecular complexity index is 1080. The monoisotopic (exact) mass is 458 g/mol. The number of rotatable bonds is 5. The fraction of sp³-hybridized carbons (Fsp3) is 0.556. The first-order valence-corrected chi connectivity index (χ1v) is 12.4. The Hall–Kier alpha value is -2.98. The van der Waals surface area contributed by atoms with Crippen molar-refractivity contribution in [2.75, 3.05) is 32.1 Å². The third-order valence-corrected chi connectivity index (χ3v) is 8.81. The Morgan fingerprint density at radius 2 is 1.68 bits per heavy atom. The van der Waals surface area contributed by atoms with E-state index in [1.165, 1.54) is 24.8 Å². The topological polar surface area (TPSA) is 76.4 Å². The second kappa shape index (κ2) is 8.35. The summed E-state index contributed by atoms with van der Waals surface area (Å²) in [6.45, 7) is 3.77. The Labute approximate surface area is 202 Å². The summed E-state index contributed by atoms with van der Waals surface area (Å²) in [6, 6.07) is 12.8. The van der Waals surface area contributed by atoms with Crippen LogP contribution in [-0.2, 0) is 5.54 Å². The van der Waals surface area contributed by atoms with Gasteiger partial charge in [-0.3, -0.25) is 9.80 Å². The third-order valence-electron chi connectivity index (χ3n) is 8.81. The molecule has 3 fully saturated rings. The summed E-state index contributed by atoms with van der Waals surface area (Å²) in [4.78, 5) is 28.5. The van der Waals surface area contributed by atoms with Gasteiger partial charge in [0.05, 0.1) is 30.2 Å². The summed E-state index contributed by atoms with van der Waals surface area (Å²) in [5, 5.41) is 9.07. The summed E-state index contributed by atoms with van der Waals surface area (Å²) in [6.07, 6.45) is 10.7. The molecule has 0 atom stereocenters. The minimum Gasteiger partial charge on any atom is -0.316 e. The molecule has 7 nitrogen and oxygen atoms in total. The van der Waals surface area contributed by atoms with Gasteiger partial charge in [-0.15, -0.1) is 0 Å². The lowest BCUT2D eigenvalue weighted by molar-refractivity contribution is 0.000419. The molecule has 5 rings (SSSR count). The first kappa shape index (κ1) is 22.8. The van der Waals surface area contributed by atoms with Crippen molar-refractivity contribution in [2.24, 2.45) is 5.41 Å². The van der Waals surface area contributed by atoms with Crippen molar-refractivity contribution in [3.05, 3.63) is 54.1 Å². The fourth-order valence-corrected chi connectivity index (χ4v) is 6.37. The highest BCUT2D eigenvalue weighted by Gasteiger charge is 2.56. The molecule has 7 heteroatoms. The first-order valence-electron chi connectivity index (χ1n) is 12.4. The second-order valence-electron chi connectivity index (χ2n) is 11.0. The normalized spacial score (nSPS) is 28.3. The van der Waals surface area contributed by atoms with Gasteiger partial charge in [0.1, 0.15) is 6.07 Å². The number of carbonyl (C=O) groups is 1. The highest BCUT2D eigenvalue weighted by atomic mass is 16.2. The smallest absolute Gasteiger partial charge is 0.316 e. The third kappa shape index (κ3) is 3.65. The SMILES string of the molecule is CN(C)[C@]1(c2ccccc2)CC[C@]2(CC1)CN(c1cnc(C#N)nc1)C(=O)N2CC1(C)CCC1. The predicted molar refractivity (Wildman–Crippen MR) is 131 cm³/mol. The van der Waals surface area contributed by atoms with Gasteiger partial charge in [0, 0.05) is 12.1 Å². The average molecular weight is 459 g/mol. The predicted octanol–water partition coefficient (Wildman–Crippen LogP) is 4.55. The molecule has 2 aliphatic carbocycles. The van der Waals surface area contributed by atoms with Crippen LogP contribution >= 0.6 is 0 Å². The van der Waals surface area contributed by atoms with E-state index in [9.17, 15) is 4.79 Å². The van der Waals surface area contributed by atoms with Crippen molar-refractivity contribution in [1.29, 1.82) is 5.26 Å². The van der Waals surface area contributed by atoms with Crippen molar-refractivity contribution in [1.82, 2.24) is 19.8 Å². The Morgan fingerprint density at radius 1 is 1.03 bits per heavy atom. The van der Waals surface area contributed by atoms with Gasteiger partial charge in [-0.2, -0.15) is 5.26 Å². The number of amides is 2. The lowest BCUT2D eigenvalue weighted by atomic mass is 9.66. The van der Waals surface area contributed by atoms with Crippen LogP contribution in [0.3, 0.4) is 0 Å². The van der Waals surface area contributed by atoms with E-state index in [2.05, 4.69) is 71.1 Å². The summed E-state index contributed by atoms with van der Waals surface area (Å²) >= 11 is 0. The number of hydrogen-bond acceptors (Lipinski definition) is 5. The molecule has 0 radical (unpaired) electrons. The van der Waals surface area contributed by atoms with Crippen LogP contribution in [0.1, 0.15) is 63.3 Å². The molecule has 2 amide bonds. The number of nitrogens with zero attached hydrogens (tertiary/aromatic N) is 6. The van der Waals surface area contributed by atoms with Crippen molar-refractivity contribution in [2.45, 2.75) is 62.9 Å². The molecule has 1 aromatic heterocycles. The number of aromatic nitrogens is 2. The van der Waals surface area contributed by atoms with Gasteiger partial charge in [-0.25, -0.2) is 14.8 Å². The molecule has 178 valence electrons. The number of hydrogen-bond donors (Lipinski definition) is 0. The number of carbonyl (C=O) groups excluding carboxylic acids is 1. The van der Waals surface area contributed by atoms with Crippen molar-refractivity contribution >= 4 is 11.7 Å². The van der Waals surface area contributed by atoms with Gasteiger partial charge in [0.25, 0.3) is 0 Å². The van der Waals surface area contributed by atoms with Crippen LogP contribution in [-0.4, -0.2) is 58.5 Å². The lowest BCUT2D eigenvalue weighted by Crippen LogP contribution is -2.57. The van der Waals surface area contributed by atoms with Crippen LogP contribution in [0.2, 0.25) is 0 Å². The molecule has 0 bridgehead atoms. The van der Waals surface area contributed by atoms with Crippen molar-refractivity contribution in [3.8, 4) is 6.07 Å². The molecule has 34 heavy (non-hydrogen) atoms. The molecular formula is C27H34N6O. The summed E-state index contributed by atoms with van der Waals surface area (Å²) < 4.78 is 0. The zero-order valence-electron chi connectivity index (χ0n) is 20.5. The molecular weight excluding hydrogens is 424 g/mol. The summed E-state index contributed by atoms with van der Waals surface area (Å²) in [5.41, 5.74) is 2.02. The lowest BCUT2D eigenvalue weighted by Gasteiger charge is -2.53. The molecule has 1 spiro atoms. The van der Waals surface area contributed by atoms with Gasteiger partial charge in [0.15, 0.2) is 0 Å². The van der Waals surface area contributed by atoms with E-state index in [1.54, 1.807) is 12.4 Å². The maximum atomic E-state index is 13.8. The van der Waals surface area contributed by atoms with Crippen LogP contribution in [0.5, 0.6) is 0 Å². The quantitative estimate of drug-likeness (QED) is 0.657. The highest BCUT2D eigenvalue weighted by molar-refractivity contribution is 5.95. The molecule has 0 unspecified atom stereocenters. The zero-order valence-corrected chi connectivity index (χ0v) is 20.5. The van der Waals surface area contributed by atoms with E-state index in [0.717, 1.165) is 32.2 Å². The molecule has 1 aromatic carbocycles. The van der Waals surface area contributed by atoms with Crippen molar-refractivity contribution < 1.29 is 4.79 Å². The molecule has 2 aromatic rings. The van der Waals surface area contributed by atoms with Gasteiger partial charge < -0.3 is 4.90 Å². The Balaban J connectivity index is 1.46. The Kier molecular flexibility index (Phi) is 5.60. The number of anilines is 1. The molecule has 2 saturated carbocycles. The van der Waals surface area contributed by atoms with Gasteiger partial charge in [0.2, 0.25) is 5.82 Å². The maximum absolute atomic E-state index is 13.8. The standard InChI is InChI=1S/C27H34N6O/c1-25(10-7-11-25)19-33-24(34)32(22-17-29-23(16-28)30-18-22)20-26(33)12-14-27(15-13-26,31(2)3)21-8-5-4-6-9-21/h4-6,8-9,17-18H,7,10-15,19-20H2,1-3H3/t26-,27+. The minimum atomic E-state index is -0.197. The average Bonchev–Trinajstić information content (AvgIpc) is 3.10. The zero-order chi connectivity index (χ0) is 24.0. The largest absolute Gasteiger partial charge is 0.325 e. The van der Waals surface area contributed by atoms with E-state index in [0.29, 0.717) is 12.2 Å². The molecule has 1 saturated heterocycles. The van der Waals surface area contributed by atoms with E-state index < -0.39 is 0 Å². The minimum absolute atomic E-state index is 0.0213. The number of nitriles is 1. The molecule has 0 N–H and O–H groups in total. The number of urea groups is 1. The van der Waals surface area contributed by atoms with Crippen LogP contribution < -0.4 is 4.90 Å². The van der Waals surface area contributed by atoms with E-state index >= 15 is 0 Å². The maximum Gasteiger partial charge on any atom is 0.325 e. The first-order chi connectivity index (χ1) is 16.3. The van der Waals surface area contributed by atoms with Crippen LogP contribution in [0, 0.1) is 16.7 Å². The summed E-state index contributed by atoms with van der Waals surface area (Å²) in [5.74, 6) is 0.125. The van der Waals surface area contributed by atoms with Gasteiger partial charge in [-0.1, -0.05) is 43.7 Å². The fourth-order valence-electron chi connectivity index (χ4n) is 6.37. The highest BCUT2D eigenvalue weighted by Crippen LogP contribution is 2.51. The molecule has 1 aliphatic heterocycles. The van der Waals surface area contributed by atoms with E-state index in [1.807, 2.05) is 11.0 Å². The second-order valence-corrected chi connectivity index (χ2v) is 11.0. The summed E-state index contributed by atoms with van der Waals surface area (Å²) in [7, 11) is 4.36. The van der Waals surface area contributed by atoms with Crippen LogP contribution in [0.4, 0.5) is 10.5 Å². The van der Waals surface area contributed by atoms with Crippen molar-refractivity contribution in [3.63, 3.8) is 0 Å². The van der Waals surface area contributed by atoms with Crippen LogP contribution in [0.15, 0.2) is 42.7 Å². The van der Waals surface area contributed by atoms with Gasteiger partial charge in [-0.05, 0) is 63.6 Å².